The molecule has 1 atom stereocenters. The Bertz CT molecular complexity index is 810. The molecule has 0 fully saturated rings. The van der Waals surface area contributed by atoms with Crippen LogP contribution in [0.5, 0.6) is 0 Å². The van der Waals surface area contributed by atoms with Crippen LogP contribution >= 0.6 is 0 Å². The Morgan fingerprint density at radius 2 is 1.60 bits per heavy atom. The number of fused-ring (bicyclic) bond motifs is 1. The molecule has 1 aliphatic heterocycles. The second-order valence-corrected chi connectivity index (χ2v) is 6.82. The van der Waals surface area contributed by atoms with E-state index in [1.54, 1.807) is 0 Å². The second kappa shape index (κ2) is 7.19. The summed E-state index contributed by atoms with van der Waals surface area (Å²) in [6.45, 7) is 6.44. The summed E-state index contributed by atoms with van der Waals surface area (Å²) in [7, 11) is 0. The Morgan fingerprint density at radius 3 is 2.36 bits per heavy atom. The minimum atomic E-state index is 0.540. The van der Waals surface area contributed by atoms with Gasteiger partial charge in [0.15, 0.2) is 5.82 Å². The standard InChI is InChI=1S/C21H24N4/c1-17(18-8-4-2-5-9-18)16-24-13-12-20-22-23-21(25(20)15-14-24)19-10-6-3-7-11-19/h2-11,17H,12-16H2,1H3. The fraction of sp³-hybridized carbons (Fsp3) is 0.333. The van der Waals surface area contributed by atoms with Crippen molar-refractivity contribution >= 4 is 0 Å². The van der Waals surface area contributed by atoms with E-state index in [1.165, 1.54) is 5.56 Å². The summed E-state index contributed by atoms with van der Waals surface area (Å²) < 4.78 is 2.29. The molecule has 0 radical (unpaired) electrons. The average Bonchev–Trinajstić information content (AvgIpc) is 2.98. The van der Waals surface area contributed by atoms with E-state index in [0.717, 1.165) is 49.8 Å². The van der Waals surface area contributed by atoms with E-state index >= 15 is 0 Å². The number of benzene rings is 2. The summed E-state index contributed by atoms with van der Waals surface area (Å²) in [4.78, 5) is 2.56. The van der Waals surface area contributed by atoms with Crippen molar-refractivity contribution in [2.24, 2.45) is 0 Å². The number of hydrogen-bond donors (Lipinski definition) is 0. The van der Waals surface area contributed by atoms with Gasteiger partial charge in [0.1, 0.15) is 5.82 Å². The highest BCUT2D eigenvalue weighted by Gasteiger charge is 2.20. The molecule has 1 aromatic heterocycles. The van der Waals surface area contributed by atoms with Gasteiger partial charge in [-0.3, -0.25) is 0 Å². The molecule has 0 amide bonds. The molecular weight excluding hydrogens is 308 g/mol. The molecule has 2 aromatic carbocycles. The van der Waals surface area contributed by atoms with Gasteiger partial charge in [-0.2, -0.15) is 0 Å². The number of rotatable bonds is 4. The third-order valence-corrected chi connectivity index (χ3v) is 5.05. The lowest BCUT2D eigenvalue weighted by Crippen LogP contribution is -2.30. The van der Waals surface area contributed by atoms with E-state index in [4.69, 9.17) is 0 Å². The summed E-state index contributed by atoms with van der Waals surface area (Å²) in [5, 5.41) is 8.89. The molecule has 0 saturated carbocycles. The van der Waals surface area contributed by atoms with Crippen molar-refractivity contribution in [3.63, 3.8) is 0 Å². The van der Waals surface area contributed by atoms with Crippen LogP contribution in [-0.4, -0.2) is 39.3 Å². The minimum absolute atomic E-state index is 0.540. The van der Waals surface area contributed by atoms with Gasteiger partial charge in [-0.05, 0) is 11.5 Å². The number of nitrogens with zero attached hydrogens (tertiary/aromatic N) is 4. The van der Waals surface area contributed by atoms with Crippen LogP contribution < -0.4 is 0 Å². The van der Waals surface area contributed by atoms with Crippen LogP contribution in [0.15, 0.2) is 60.7 Å². The normalized spacial score (nSPS) is 16.2. The van der Waals surface area contributed by atoms with Gasteiger partial charge >= 0.3 is 0 Å². The van der Waals surface area contributed by atoms with Crippen molar-refractivity contribution in [2.75, 3.05) is 19.6 Å². The molecule has 0 N–H and O–H groups in total. The highest BCUT2D eigenvalue weighted by Crippen LogP contribution is 2.21. The maximum Gasteiger partial charge on any atom is 0.164 e. The zero-order chi connectivity index (χ0) is 17.1. The maximum absolute atomic E-state index is 4.45. The Hall–Kier alpha value is -2.46. The van der Waals surface area contributed by atoms with E-state index in [2.05, 4.69) is 81.2 Å². The molecule has 128 valence electrons. The Kier molecular flexibility index (Phi) is 4.61. The van der Waals surface area contributed by atoms with Crippen molar-refractivity contribution in [3.8, 4) is 11.4 Å². The molecule has 0 spiro atoms. The first-order chi connectivity index (χ1) is 12.3. The fourth-order valence-corrected chi connectivity index (χ4v) is 3.62. The molecule has 4 rings (SSSR count). The topological polar surface area (TPSA) is 34.0 Å². The predicted molar refractivity (Wildman–Crippen MR) is 100 cm³/mol. The van der Waals surface area contributed by atoms with Crippen LogP contribution in [0.4, 0.5) is 0 Å². The van der Waals surface area contributed by atoms with E-state index in [1.807, 2.05) is 6.07 Å². The summed E-state index contributed by atoms with van der Waals surface area (Å²) in [6.07, 6.45) is 0.960. The molecule has 0 saturated heterocycles. The summed E-state index contributed by atoms with van der Waals surface area (Å²) >= 11 is 0. The summed E-state index contributed by atoms with van der Waals surface area (Å²) in [5.74, 6) is 2.64. The number of hydrogen-bond acceptors (Lipinski definition) is 3. The van der Waals surface area contributed by atoms with Crippen LogP contribution in [0.1, 0.15) is 24.2 Å². The van der Waals surface area contributed by atoms with Crippen molar-refractivity contribution in [3.05, 3.63) is 72.1 Å². The van der Waals surface area contributed by atoms with Gasteiger partial charge in [0.25, 0.3) is 0 Å². The molecule has 1 aliphatic rings. The van der Waals surface area contributed by atoms with Gasteiger partial charge in [0, 0.05) is 38.2 Å². The van der Waals surface area contributed by atoms with Crippen LogP contribution in [-0.2, 0) is 13.0 Å². The second-order valence-electron chi connectivity index (χ2n) is 6.82. The predicted octanol–water partition coefficient (Wildman–Crippen LogP) is 3.61. The maximum atomic E-state index is 4.45. The molecule has 2 heterocycles. The van der Waals surface area contributed by atoms with E-state index in [9.17, 15) is 0 Å². The quantitative estimate of drug-likeness (QED) is 0.732. The smallest absolute Gasteiger partial charge is 0.164 e. The summed E-state index contributed by atoms with van der Waals surface area (Å²) in [6, 6.07) is 21.2. The van der Waals surface area contributed by atoms with Gasteiger partial charge in [-0.25, -0.2) is 0 Å². The molecule has 4 heteroatoms. The van der Waals surface area contributed by atoms with Crippen LogP contribution in [0, 0.1) is 0 Å². The van der Waals surface area contributed by atoms with Gasteiger partial charge in [-0.15, -0.1) is 10.2 Å². The van der Waals surface area contributed by atoms with Crippen molar-refractivity contribution in [2.45, 2.75) is 25.8 Å². The van der Waals surface area contributed by atoms with Crippen molar-refractivity contribution in [1.82, 2.24) is 19.7 Å². The first-order valence-corrected chi connectivity index (χ1v) is 9.06. The lowest BCUT2D eigenvalue weighted by molar-refractivity contribution is 0.266. The molecule has 4 nitrogen and oxygen atoms in total. The monoisotopic (exact) mass is 332 g/mol. The SMILES string of the molecule is CC(CN1CCc2nnc(-c3ccccc3)n2CC1)c1ccccc1. The van der Waals surface area contributed by atoms with Gasteiger partial charge in [0.05, 0.1) is 0 Å². The third kappa shape index (κ3) is 3.49. The van der Waals surface area contributed by atoms with Gasteiger partial charge in [-0.1, -0.05) is 67.6 Å². The minimum Gasteiger partial charge on any atom is -0.310 e. The molecule has 0 bridgehead atoms. The largest absolute Gasteiger partial charge is 0.310 e. The lowest BCUT2D eigenvalue weighted by Gasteiger charge is -2.24. The van der Waals surface area contributed by atoms with Crippen LogP contribution in [0.25, 0.3) is 11.4 Å². The van der Waals surface area contributed by atoms with E-state index < -0.39 is 0 Å². The molecule has 1 unspecified atom stereocenters. The Morgan fingerprint density at radius 1 is 0.880 bits per heavy atom. The summed E-state index contributed by atoms with van der Waals surface area (Å²) in [5.41, 5.74) is 2.56. The molecule has 25 heavy (non-hydrogen) atoms. The first kappa shape index (κ1) is 16.0. The highest BCUT2D eigenvalue weighted by atomic mass is 15.3. The van der Waals surface area contributed by atoms with Gasteiger partial charge < -0.3 is 9.47 Å². The molecule has 0 aliphatic carbocycles. The Balaban J connectivity index is 1.47. The Labute approximate surface area is 149 Å². The fourth-order valence-electron chi connectivity index (χ4n) is 3.62. The van der Waals surface area contributed by atoms with Gasteiger partial charge in [0.2, 0.25) is 0 Å². The molecular formula is C21H24N4. The first-order valence-electron chi connectivity index (χ1n) is 9.06. The zero-order valence-corrected chi connectivity index (χ0v) is 14.7. The highest BCUT2D eigenvalue weighted by molar-refractivity contribution is 5.55. The van der Waals surface area contributed by atoms with E-state index in [-0.39, 0.29) is 0 Å². The molecule has 3 aromatic rings. The van der Waals surface area contributed by atoms with Crippen LogP contribution in [0.2, 0.25) is 0 Å². The lowest BCUT2D eigenvalue weighted by atomic mass is 10.0. The van der Waals surface area contributed by atoms with Crippen molar-refractivity contribution in [1.29, 1.82) is 0 Å². The number of aromatic nitrogens is 3. The van der Waals surface area contributed by atoms with Crippen LogP contribution in [0.3, 0.4) is 0 Å². The average molecular weight is 332 g/mol. The van der Waals surface area contributed by atoms with Crippen molar-refractivity contribution < 1.29 is 0 Å². The van der Waals surface area contributed by atoms with E-state index in [0.29, 0.717) is 5.92 Å². The zero-order valence-electron chi connectivity index (χ0n) is 14.7. The third-order valence-electron chi connectivity index (χ3n) is 5.05.